The van der Waals surface area contributed by atoms with E-state index in [-0.39, 0.29) is 11.7 Å². The van der Waals surface area contributed by atoms with Crippen molar-refractivity contribution in [2.45, 2.75) is 19.3 Å². The van der Waals surface area contributed by atoms with Gasteiger partial charge in [0, 0.05) is 22.8 Å². The quantitative estimate of drug-likeness (QED) is 0.869. The molecule has 0 atom stereocenters. The van der Waals surface area contributed by atoms with E-state index in [1.807, 2.05) is 24.3 Å². The van der Waals surface area contributed by atoms with Crippen molar-refractivity contribution in [1.29, 1.82) is 0 Å². The summed E-state index contributed by atoms with van der Waals surface area (Å²) in [5.41, 5.74) is 2.95. The summed E-state index contributed by atoms with van der Waals surface area (Å²) in [6.07, 6.45) is 5.27. The molecule has 0 radical (unpaired) electrons. The highest BCUT2D eigenvalue weighted by atomic mass is 35.7. The monoisotopic (exact) mass is 299 g/mol. The average Bonchev–Trinajstić information content (AvgIpc) is 2.33. The van der Waals surface area contributed by atoms with Crippen molar-refractivity contribution in [3.05, 3.63) is 35.4 Å². The molecule has 4 nitrogen and oxygen atoms in total. The van der Waals surface area contributed by atoms with E-state index in [0.717, 1.165) is 23.2 Å². The van der Waals surface area contributed by atoms with Crippen LogP contribution in [0.15, 0.2) is 24.3 Å². The number of carbonyl (C=O) groups excluding carboxylic acids is 1. The lowest BCUT2D eigenvalue weighted by Crippen LogP contribution is -2.18. The summed E-state index contributed by atoms with van der Waals surface area (Å²) in [6, 6.07) is 5.75. The Hall–Kier alpha value is -1.33. The fourth-order valence-corrected chi connectivity index (χ4v) is 2.62. The third-order valence-corrected chi connectivity index (χ3v) is 4.05. The highest BCUT2D eigenvalue weighted by Crippen LogP contribution is 2.24. The van der Waals surface area contributed by atoms with Gasteiger partial charge in [0.1, 0.15) is 0 Å². The summed E-state index contributed by atoms with van der Waals surface area (Å²) in [5, 5.41) is 2.81. The normalized spacial score (nSPS) is 15.3. The summed E-state index contributed by atoms with van der Waals surface area (Å²) < 4.78 is 21.5. The van der Waals surface area contributed by atoms with E-state index < -0.39 is 9.05 Å². The van der Waals surface area contributed by atoms with Crippen LogP contribution in [0.5, 0.6) is 0 Å². The first-order valence-electron chi connectivity index (χ1n) is 5.96. The second kappa shape index (κ2) is 5.75. The molecule has 1 aliphatic heterocycles. The van der Waals surface area contributed by atoms with E-state index in [1.165, 1.54) is 0 Å². The molecule has 1 aromatic carbocycles. The minimum absolute atomic E-state index is 0.0445. The van der Waals surface area contributed by atoms with Crippen molar-refractivity contribution in [3.63, 3.8) is 0 Å². The van der Waals surface area contributed by atoms with Gasteiger partial charge in [-0.05, 0) is 36.1 Å². The van der Waals surface area contributed by atoms with Crippen LogP contribution in [0.25, 0.3) is 6.08 Å². The second-order valence-electron chi connectivity index (χ2n) is 4.40. The van der Waals surface area contributed by atoms with Crippen molar-refractivity contribution >= 4 is 37.4 Å². The average molecular weight is 300 g/mol. The molecule has 0 bridgehead atoms. The van der Waals surface area contributed by atoms with E-state index in [4.69, 9.17) is 10.7 Å². The molecule has 102 valence electrons. The zero-order valence-electron chi connectivity index (χ0n) is 10.2. The summed E-state index contributed by atoms with van der Waals surface area (Å²) in [6.45, 7) is 0. The maximum Gasteiger partial charge on any atom is 0.232 e. The van der Waals surface area contributed by atoms with Crippen LogP contribution >= 0.6 is 10.7 Å². The Morgan fingerprint density at radius 2 is 2.11 bits per heavy atom. The number of amides is 1. The van der Waals surface area contributed by atoms with Gasteiger partial charge in [0.15, 0.2) is 0 Å². The molecule has 0 saturated heterocycles. The van der Waals surface area contributed by atoms with Crippen LogP contribution < -0.4 is 5.32 Å². The molecule has 0 fully saturated rings. The van der Waals surface area contributed by atoms with E-state index in [9.17, 15) is 13.2 Å². The Labute approximate surface area is 116 Å². The second-order valence-corrected chi connectivity index (χ2v) is 7.30. The lowest BCUT2D eigenvalue weighted by Gasteiger charge is -2.16. The fourth-order valence-electron chi connectivity index (χ4n) is 1.94. The molecule has 0 aliphatic carbocycles. The standard InChI is InChI=1S/C13H14ClNO3S/c14-19(17,18)8-2-1-3-10-4-6-12-11(9-10)5-7-13(16)15-12/h1,3-4,6,9H,2,5,7-8H2,(H,15,16)/b3-1+. The number of halogens is 1. The van der Waals surface area contributed by atoms with Gasteiger partial charge in [0.25, 0.3) is 0 Å². The molecule has 2 rings (SSSR count). The Morgan fingerprint density at radius 1 is 1.32 bits per heavy atom. The minimum Gasteiger partial charge on any atom is -0.326 e. The third-order valence-electron chi connectivity index (χ3n) is 2.86. The molecule has 0 unspecified atom stereocenters. The van der Waals surface area contributed by atoms with Crippen LogP contribution in [0, 0.1) is 0 Å². The van der Waals surface area contributed by atoms with Crippen molar-refractivity contribution in [2.24, 2.45) is 0 Å². The summed E-state index contributed by atoms with van der Waals surface area (Å²) in [4.78, 5) is 11.2. The predicted octanol–water partition coefficient (Wildman–Crippen LogP) is 2.54. The van der Waals surface area contributed by atoms with E-state index in [1.54, 1.807) is 6.08 Å². The molecule has 0 aromatic heterocycles. The molecular formula is C13H14ClNO3S. The Bertz CT molecular complexity index is 623. The number of allylic oxidation sites excluding steroid dienone is 1. The largest absolute Gasteiger partial charge is 0.326 e. The number of carbonyl (C=O) groups is 1. The van der Waals surface area contributed by atoms with Gasteiger partial charge < -0.3 is 5.32 Å². The number of anilines is 1. The Morgan fingerprint density at radius 3 is 2.84 bits per heavy atom. The van der Waals surface area contributed by atoms with E-state index in [2.05, 4.69) is 5.32 Å². The molecular weight excluding hydrogens is 286 g/mol. The summed E-state index contributed by atoms with van der Waals surface area (Å²) in [7, 11) is 1.70. The van der Waals surface area contributed by atoms with Crippen LogP contribution in [0.3, 0.4) is 0 Å². The van der Waals surface area contributed by atoms with E-state index >= 15 is 0 Å². The number of aryl methyl sites for hydroxylation is 1. The van der Waals surface area contributed by atoms with Gasteiger partial charge in [-0.3, -0.25) is 4.79 Å². The van der Waals surface area contributed by atoms with Crippen molar-refractivity contribution in [2.75, 3.05) is 11.1 Å². The molecule has 0 saturated carbocycles. The molecule has 0 spiro atoms. The fraction of sp³-hybridized carbons (Fsp3) is 0.308. The topological polar surface area (TPSA) is 63.2 Å². The first-order chi connectivity index (χ1) is 8.94. The molecule has 1 aliphatic rings. The molecule has 1 heterocycles. The number of hydrogen-bond acceptors (Lipinski definition) is 3. The predicted molar refractivity (Wildman–Crippen MR) is 76.7 cm³/mol. The number of hydrogen-bond donors (Lipinski definition) is 1. The summed E-state index contributed by atoms with van der Waals surface area (Å²) in [5.74, 6) is -0.0189. The summed E-state index contributed by atoms with van der Waals surface area (Å²) >= 11 is 0. The number of benzene rings is 1. The van der Waals surface area contributed by atoms with Crippen molar-refractivity contribution in [1.82, 2.24) is 0 Å². The number of nitrogens with one attached hydrogen (secondary N) is 1. The first-order valence-corrected chi connectivity index (χ1v) is 8.43. The minimum atomic E-state index is -3.43. The SMILES string of the molecule is O=C1CCc2cc(/C=C/CCS(=O)(=O)Cl)ccc2N1. The highest BCUT2D eigenvalue weighted by Gasteiger charge is 2.13. The van der Waals surface area contributed by atoms with Gasteiger partial charge in [-0.2, -0.15) is 0 Å². The molecule has 1 amide bonds. The maximum atomic E-state index is 11.2. The number of rotatable bonds is 4. The van der Waals surface area contributed by atoms with Crippen LogP contribution in [-0.4, -0.2) is 20.1 Å². The van der Waals surface area contributed by atoms with Gasteiger partial charge in [0.2, 0.25) is 15.0 Å². The Kier molecular flexibility index (Phi) is 4.27. The first kappa shape index (κ1) is 14.1. The zero-order valence-corrected chi connectivity index (χ0v) is 11.8. The molecule has 6 heteroatoms. The van der Waals surface area contributed by atoms with E-state index in [0.29, 0.717) is 12.8 Å². The zero-order chi connectivity index (χ0) is 13.9. The van der Waals surface area contributed by atoms with Gasteiger partial charge >= 0.3 is 0 Å². The van der Waals surface area contributed by atoms with Crippen LogP contribution in [-0.2, 0) is 20.3 Å². The van der Waals surface area contributed by atoms with Gasteiger partial charge in [0.05, 0.1) is 5.75 Å². The lowest BCUT2D eigenvalue weighted by atomic mass is 10.0. The Balaban J connectivity index is 2.02. The molecule has 1 N–H and O–H groups in total. The van der Waals surface area contributed by atoms with Crippen LogP contribution in [0.4, 0.5) is 5.69 Å². The maximum absolute atomic E-state index is 11.2. The van der Waals surface area contributed by atoms with Crippen LogP contribution in [0.2, 0.25) is 0 Å². The van der Waals surface area contributed by atoms with Crippen molar-refractivity contribution in [3.8, 4) is 0 Å². The highest BCUT2D eigenvalue weighted by molar-refractivity contribution is 8.13. The van der Waals surface area contributed by atoms with Gasteiger partial charge in [-0.25, -0.2) is 8.42 Å². The van der Waals surface area contributed by atoms with Gasteiger partial charge in [-0.15, -0.1) is 0 Å². The number of fused-ring (bicyclic) bond motifs is 1. The smallest absolute Gasteiger partial charge is 0.232 e. The molecule has 1 aromatic rings. The third kappa shape index (κ3) is 4.36. The van der Waals surface area contributed by atoms with Crippen LogP contribution in [0.1, 0.15) is 24.0 Å². The lowest BCUT2D eigenvalue weighted by molar-refractivity contribution is -0.116. The van der Waals surface area contributed by atoms with Crippen molar-refractivity contribution < 1.29 is 13.2 Å². The molecule has 19 heavy (non-hydrogen) atoms. The van der Waals surface area contributed by atoms with Gasteiger partial charge in [-0.1, -0.05) is 18.2 Å².